The van der Waals surface area contributed by atoms with Crippen LogP contribution < -0.4 is 0 Å². The molecule has 0 aliphatic carbocycles. The molecular formula is C7H9O5PW. The van der Waals surface area contributed by atoms with E-state index in [1.165, 1.54) is 0 Å². The summed E-state index contributed by atoms with van der Waals surface area (Å²) in [6.07, 6.45) is 0.972. The van der Waals surface area contributed by atoms with Gasteiger partial charge in [-0.15, -0.1) is 0 Å². The predicted octanol–water partition coefficient (Wildman–Crippen LogP) is -0.427. The fraction of sp³-hybridized carbons (Fsp3) is 0.286. The van der Waals surface area contributed by atoms with Crippen molar-refractivity contribution in [2.45, 2.75) is 0 Å². The molecule has 1 aliphatic rings. The topological polar surface area (TPSA) is 85.3 Å². The molecule has 14 heavy (non-hydrogen) atoms. The van der Waals surface area contributed by atoms with Crippen LogP contribution in [0.2, 0.25) is 0 Å². The van der Waals surface area contributed by atoms with E-state index in [1.54, 1.807) is 0 Å². The Balaban J connectivity index is 3.73. The third-order valence-corrected chi connectivity index (χ3v) is 37.8. The first-order valence-corrected chi connectivity index (χ1v) is 17.7. The minimum absolute atomic E-state index is 0.0959. The molecular weight excluding hydrogens is 379 g/mol. The Morgan fingerprint density at radius 3 is 1.07 bits per heavy atom. The standard InChI is InChI=1S/C2H4P.5CHO.W/c1-2-3-1;5*1-2;/h1-2H2;5*1H;/q-1;;;;;;+1. The zero-order chi connectivity index (χ0) is 10.9. The Hall–Kier alpha value is -0.532. The van der Waals surface area contributed by atoms with Gasteiger partial charge in [0.05, 0.1) is 0 Å². The Labute approximate surface area is 78.9 Å². The summed E-state index contributed by atoms with van der Waals surface area (Å²) in [6.45, 7) is 0. The van der Waals surface area contributed by atoms with E-state index in [-0.39, 0.29) is 23.4 Å². The second kappa shape index (κ2) is 2.74. The fourth-order valence-electron chi connectivity index (χ4n) is 1.10. The first kappa shape index (κ1) is 11.5. The molecule has 0 unspecified atom stereocenters. The van der Waals surface area contributed by atoms with E-state index < -0.39 is 19.1 Å². The molecule has 1 fully saturated rings. The van der Waals surface area contributed by atoms with Crippen LogP contribution in [0.4, 0.5) is 0 Å². The van der Waals surface area contributed by atoms with Crippen molar-refractivity contribution in [2.24, 2.45) is 0 Å². The van der Waals surface area contributed by atoms with Crippen molar-refractivity contribution in [1.29, 1.82) is 0 Å². The zero-order valence-corrected chi connectivity index (χ0v) is 11.0. The van der Waals surface area contributed by atoms with E-state index >= 15 is 0 Å². The molecule has 0 radical (unpaired) electrons. The SMILES string of the molecule is O=[CH][W]([CH]=O)([CH]=O)([CH]=O)([CH]=O)[P]1CC1. The second-order valence-corrected chi connectivity index (χ2v) is 36.4. The molecule has 0 aromatic heterocycles. The van der Waals surface area contributed by atoms with Crippen molar-refractivity contribution in [1.82, 2.24) is 0 Å². The van der Waals surface area contributed by atoms with Crippen LogP contribution in [0.25, 0.3) is 0 Å². The van der Waals surface area contributed by atoms with Crippen LogP contribution >= 0.6 is 6.01 Å². The Kier molecular flexibility index (Phi) is 2.26. The molecule has 7 heteroatoms. The maximum atomic E-state index is 11.1. The van der Waals surface area contributed by atoms with Gasteiger partial charge in [0.1, 0.15) is 0 Å². The average Bonchev–Trinajstić information content (AvgIpc) is 3.10. The molecule has 0 saturated carbocycles. The normalized spacial score (nSPS) is 21.1. The summed E-state index contributed by atoms with van der Waals surface area (Å²) >= 11 is -6.08. The van der Waals surface area contributed by atoms with Crippen molar-refractivity contribution < 1.29 is 37.0 Å². The predicted molar refractivity (Wildman–Crippen MR) is 50.4 cm³/mol. The molecule has 1 saturated heterocycles. The summed E-state index contributed by atoms with van der Waals surface area (Å²) in [7, 11) is 0. The first-order chi connectivity index (χ1) is 6.53. The quantitative estimate of drug-likeness (QED) is 0.456. The summed E-state index contributed by atoms with van der Waals surface area (Å²) in [5.41, 5.74) is 0. The van der Waals surface area contributed by atoms with Crippen molar-refractivity contribution in [3.63, 3.8) is 0 Å². The Morgan fingerprint density at radius 1 is 0.714 bits per heavy atom. The Bertz CT molecular complexity index is 287. The molecule has 5 nitrogen and oxygen atoms in total. The summed E-state index contributed by atoms with van der Waals surface area (Å²) in [5.74, 6) is 0. The summed E-state index contributed by atoms with van der Waals surface area (Å²) in [4.78, 5) is 55.3. The molecule has 1 rings (SSSR count). The van der Waals surface area contributed by atoms with Gasteiger partial charge in [-0.05, 0) is 0 Å². The summed E-state index contributed by atoms with van der Waals surface area (Å²) in [5, 5.41) is 0. The van der Waals surface area contributed by atoms with Gasteiger partial charge in [-0.25, -0.2) is 0 Å². The maximum absolute atomic E-state index is 11.1. The first-order valence-electron chi connectivity index (χ1n) is 3.67. The van der Waals surface area contributed by atoms with Crippen molar-refractivity contribution in [3.05, 3.63) is 0 Å². The third kappa shape index (κ3) is 0.895. The fourth-order valence-corrected chi connectivity index (χ4v) is 25.3. The van der Waals surface area contributed by atoms with Gasteiger partial charge in [-0.3, -0.25) is 0 Å². The van der Waals surface area contributed by atoms with Crippen LogP contribution in [-0.4, -0.2) is 35.7 Å². The van der Waals surface area contributed by atoms with Gasteiger partial charge in [-0.2, -0.15) is 0 Å². The van der Waals surface area contributed by atoms with Gasteiger partial charge in [0.25, 0.3) is 0 Å². The molecule has 0 amide bonds. The molecule has 0 aromatic rings. The van der Waals surface area contributed by atoms with Gasteiger partial charge < -0.3 is 0 Å². The molecule has 0 N–H and O–H groups in total. The molecule has 0 spiro atoms. The summed E-state index contributed by atoms with van der Waals surface area (Å²) < 4.78 is 0.480. The van der Waals surface area contributed by atoms with Crippen molar-refractivity contribution in [3.8, 4) is 0 Å². The molecule has 0 bridgehead atoms. The Morgan fingerprint density at radius 2 is 1.00 bits per heavy atom. The molecule has 0 atom stereocenters. The number of carbonyl (C=O) groups excluding carboxylic acids is 5. The van der Waals surface area contributed by atoms with Crippen LogP contribution in [0.3, 0.4) is 0 Å². The van der Waals surface area contributed by atoms with Gasteiger partial charge >= 0.3 is 78.7 Å². The van der Waals surface area contributed by atoms with Gasteiger partial charge in [0.15, 0.2) is 0 Å². The van der Waals surface area contributed by atoms with Crippen LogP contribution in [-0.2, 0) is 37.0 Å². The monoisotopic (exact) mass is 388 g/mol. The van der Waals surface area contributed by atoms with Gasteiger partial charge in [0.2, 0.25) is 0 Å². The average molecular weight is 388 g/mol. The van der Waals surface area contributed by atoms with Crippen LogP contribution in [0, 0.1) is 0 Å². The van der Waals surface area contributed by atoms with E-state index in [9.17, 15) is 24.0 Å². The number of hydrogen-bond donors (Lipinski definition) is 0. The van der Waals surface area contributed by atoms with E-state index in [1.807, 2.05) is 0 Å². The summed E-state index contributed by atoms with van der Waals surface area (Å²) in [6, 6.07) is -1.31. The molecule has 1 heterocycles. The van der Waals surface area contributed by atoms with Crippen molar-refractivity contribution in [2.75, 3.05) is 12.3 Å². The minimum atomic E-state index is -6.08. The van der Waals surface area contributed by atoms with Crippen molar-refractivity contribution >= 4 is 29.4 Å². The van der Waals surface area contributed by atoms with E-state index in [4.69, 9.17) is 0 Å². The van der Waals surface area contributed by atoms with E-state index in [0.29, 0.717) is 12.3 Å². The second-order valence-electron chi connectivity index (χ2n) is 3.30. The zero-order valence-electron chi connectivity index (χ0n) is 7.20. The number of hydrogen-bond acceptors (Lipinski definition) is 5. The number of carbonyl (C=O) groups is 5. The van der Waals surface area contributed by atoms with Crippen LogP contribution in [0.1, 0.15) is 0 Å². The third-order valence-electron chi connectivity index (χ3n) is 2.48. The van der Waals surface area contributed by atoms with Gasteiger partial charge in [-0.1, -0.05) is 0 Å². The van der Waals surface area contributed by atoms with Crippen LogP contribution in [0.15, 0.2) is 0 Å². The van der Waals surface area contributed by atoms with Gasteiger partial charge in [0, 0.05) is 0 Å². The molecule has 0 aromatic carbocycles. The molecule has 78 valence electrons. The van der Waals surface area contributed by atoms with E-state index in [0.717, 1.165) is 0 Å². The number of rotatable bonds is 6. The van der Waals surface area contributed by atoms with Crippen LogP contribution in [0.5, 0.6) is 0 Å². The molecule has 1 aliphatic heterocycles. The van der Waals surface area contributed by atoms with E-state index in [2.05, 4.69) is 0 Å².